The highest BCUT2D eigenvalue weighted by Crippen LogP contribution is 2.40. The monoisotopic (exact) mass is 862 g/mol. The van der Waals surface area contributed by atoms with Crippen LogP contribution in [0.3, 0.4) is 0 Å². The summed E-state index contributed by atoms with van der Waals surface area (Å²) in [7, 11) is 0. The number of amides is 2. The van der Waals surface area contributed by atoms with E-state index in [0.717, 1.165) is 38.5 Å². The Morgan fingerprint density at radius 1 is 0.610 bits per heavy atom. The Kier molecular flexibility index (Phi) is 17.9. The number of aromatic hydroxyl groups is 2. The van der Waals surface area contributed by atoms with Crippen molar-refractivity contribution >= 4 is 59.0 Å². The van der Waals surface area contributed by atoms with Gasteiger partial charge in [0.15, 0.2) is 11.6 Å². The van der Waals surface area contributed by atoms with Gasteiger partial charge in [0.1, 0.15) is 11.5 Å². The number of phenolic OH excluding ortho intramolecular Hbond substituents is 2. The summed E-state index contributed by atoms with van der Waals surface area (Å²) in [6, 6.07) is 25.5. The van der Waals surface area contributed by atoms with Crippen LogP contribution >= 0.6 is 35.6 Å². The molecular weight excluding hydrogens is 807 g/mol. The molecule has 4 N–H and O–H groups in total. The number of nitrogens with one attached hydrogen (secondary N) is 2. The van der Waals surface area contributed by atoms with E-state index in [2.05, 4.69) is 73.0 Å². The second kappa shape index (κ2) is 22.3. The third-order valence-corrected chi connectivity index (χ3v) is 12.2. The molecule has 0 saturated heterocycles. The molecule has 6 atom stereocenters. The predicted molar refractivity (Wildman–Crippen MR) is 238 cm³/mol. The third-order valence-electron chi connectivity index (χ3n) is 11.7. The van der Waals surface area contributed by atoms with E-state index in [4.69, 9.17) is 23.2 Å². The summed E-state index contributed by atoms with van der Waals surface area (Å²) in [5.41, 5.74) is 6.35. The highest BCUT2D eigenvalue weighted by molar-refractivity contribution is 6.31. The van der Waals surface area contributed by atoms with Gasteiger partial charge in [-0.25, -0.2) is 0 Å². The van der Waals surface area contributed by atoms with Crippen LogP contribution in [0.2, 0.25) is 10.0 Å². The Labute approximate surface area is 364 Å². The maximum absolute atomic E-state index is 12.7. The van der Waals surface area contributed by atoms with Crippen LogP contribution < -0.4 is 10.6 Å². The first-order valence-corrected chi connectivity index (χ1v) is 21.2. The van der Waals surface area contributed by atoms with Gasteiger partial charge in [-0.3, -0.25) is 19.2 Å². The molecule has 8 nitrogen and oxygen atoms in total. The highest BCUT2D eigenvalue weighted by atomic mass is 35.5. The topological polar surface area (TPSA) is 133 Å². The minimum absolute atomic E-state index is 0. The zero-order chi connectivity index (χ0) is 41.9. The van der Waals surface area contributed by atoms with E-state index in [-0.39, 0.29) is 72.0 Å². The van der Waals surface area contributed by atoms with Gasteiger partial charge in [-0.15, -0.1) is 12.4 Å². The van der Waals surface area contributed by atoms with Gasteiger partial charge in [-0.2, -0.15) is 0 Å². The molecule has 4 aromatic carbocycles. The van der Waals surface area contributed by atoms with E-state index in [9.17, 15) is 29.4 Å². The lowest BCUT2D eigenvalue weighted by molar-refractivity contribution is -0.129. The van der Waals surface area contributed by atoms with Crippen LogP contribution in [0.1, 0.15) is 110 Å². The molecule has 316 valence electrons. The van der Waals surface area contributed by atoms with Gasteiger partial charge in [0, 0.05) is 34.7 Å². The van der Waals surface area contributed by atoms with Crippen LogP contribution in [-0.2, 0) is 32.0 Å². The highest BCUT2D eigenvalue weighted by Gasteiger charge is 2.33. The molecular formula is C48H57Cl3N2O6. The van der Waals surface area contributed by atoms with Crippen LogP contribution in [0.5, 0.6) is 11.5 Å². The fraction of sp³-hybridized carbons (Fsp3) is 0.417. The van der Waals surface area contributed by atoms with Crippen molar-refractivity contribution in [3.8, 4) is 11.5 Å². The molecule has 0 radical (unpaired) electrons. The standard InChI is InChI=1S/2C24H28ClNO3.ClH/c2*1-15-4-3-5-17(12-15)18-6-7-20(13-18)24(29)26-16(2)22(27)10-8-19-14-21(25)9-11-23(19)28;/h2*3-5,9,11-12,14,16,18,20,28H,6-8,10,13H2,1-2H3,(H,26,29);1H/t2*16-,18-,20+;/m00./s1. The zero-order valence-corrected chi connectivity index (χ0v) is 36.6. The molecule has 2 saturated carbocycles. The average Bonchev–Trinajstić information content (AvgIpc) is 3.90. The molecule has 2 amide bonds. The number of phenols is 2. The molecule has 6 rings (SSSR count). The summed E-state index contributed by atoms with van der Waals surface area (Å²) in [5, 5.41) is 26.6. The number of aryl methyl sites for hydroxylation is 4. The molecule has 59 heavy (non-hydrogen) atoms. The fourth-order valence-corrected chi connectivity index (χ4v) is 8.56. The van der Waals surface area contributed by atoms with Crippen LogP contribution in [0.4, 0.5) is 0 Å². The van der Waals surface area contributed by atoms with Crippen molar-refractivity contribution in [1.82, 2.24) is 10.6 Å². The molecule has 0 aromatic heterocycles. The van der Waals surface area contributed by atoms with Crippen molar-refractivity contribution in [3.05, 3.63) is 128 Å². The van der Waals surface area contributed by atoms with Gasteiger partial charge >= 0.3 is 0 Å². The number of halogens is 3. The lowest BCUT2D eigenvalue weighted by Gasteiger charge is -2.17. The third kappa shape index (κ3) is 13.8. The molecule has 2 aliphatic carbocycles. The van der Waals surface area contributed by atoms with E-state index < -0.39 is 12.1 Å². The maximum Gasteiger partial charge on any atom is 0.223 e. The maximum atomic E-state index is 12.7. The fourth-order valence-electron chi connectivity index (χ4n) is 8.17. The summed E-state index contributed by atoms with van der Waals surface area (Å²) in [5.74, 6) is 0.805. The minimum atomic E-state index is -0.540. The van der Waals surface area contributed by atoms with Gasteiger partial charge < -0.3 is 20.8 Å². The van der Waals surface area contributed by atoms with E-state index in [1.165, 1.54) is 34.4 Å². The van der Waals surface area contributed by atoms with Gasteiger partial charge in [0.25, 0.3) is 0 Å². The second-order valence-electron chi connectivity index (χ2n) is 16.2. The summed E-state index contributed by atoms with van der Waals surface area (Å²) < 4.78 is 0. The molecule has 4 aromatic rings. The van der Waals surface area contributed by atoms with Crippen molar-refractivity contribution < 1.29 is 29.4 Å². The normalized spacial score (nSPS) is 19.4. The minimum Gasteiger partial charge on any atom is -0.508 e. The Morgan fingerprint density at radius 2 is 1.00 bits per heavy atom. The van der Waals surface area contributed by atoms with Gasteiger partial charge in [0.2, 0.25) is 11.8 Å². The van der Waals surface area contributed by atoms with E-state index in [0.29, 0.717) is 45.8 Å². The average molecular weight is 864 g/mol. The quantitative estimate of drug-likeness (QED) is 0.0998. The molecule has 0 unspecified atom stereocenters. The van der Waals surface area contributed by atoms with Crippen LogP contribution in [-0.4, -0.2) is 45.7 Å². The smallest absolute Gasteiger partial charge is 0.223 e. The molecule has 0 aliphatic heterocycles. The SMILES string of the molecule is Cc1cccc([C@H]2CC[C@@H](C(=O)N[C@@H](C)C(=O)CCc3cc(Cl)ccc3O)C2)c1.Cc1cccc([C@H]2CC[C@@H](C(=O)N[C@@H](C)C(=O)CCc3cc(Cl)ccc3O)C2)c1.Cl. The van der Waals surface area contributed by atoms with Gasteiger partial charge in [0.05, 0.1) is 12.1 Å². The summed E-state index contributed by atoms with van der Waals surface area (Å²) in [4.78, 5) is 50.2. The first-order chi connectivity index (χ1) is 27.7. The Morgan fingerprint density at radius 3 is 1.37 bits per heavy atom. The summed E-state index contributed by atoms with van der Waals surface area (Å²) in [6.07, 6.45) is 6.62. The van der Waals surface area contributed by atoms with Crippen molar-refractivity contribution in [2.24, 2.45) is 11.8 Å². The number of hydrogen-bond donors (Lipinski definition) is 4. The Balaban J connectivity index is 0.000000256. The molecule has 0 heterocycles. The molecule has 11 heteroatoms. The number of Topliss-reactive ketones (excluding diaryl/α,β-unsaturated/α-hetero) is 2. The predicted octanol–water partition coefficient (Wildman–Crippen LogP) is 10.3. The van der Waals surface area contributed by atoms with Crippen molar-refractivity contribution in [1.29, 1.82) is 0 Å². The first-order valence-electron chi connectivity index (χ1n) is 20.4. The van der Waals surface area contributed by atoms with Crippen molar-refractivity contribution in [2.75, 3.05) is 0 Å². The largest absolute Gasteiger partial charge is 0.508 e. The van der Waals surface area contributed by atoms with Crippen molar-refractivity contribution in [2.45, 2.75) is 116 Å². The van der Waals surface area contributed by atoms with E-state index in [1.807, 2.05) is 0 Å². The number of carbonyl (C=O) groups excluding carboxylic acids is 4. The summed E-state index contributed by atoms with van der Waals surface area (Å²) >= 11 is 11.9. The number of benzene rings is 4. The Bertz CT molecular complexity index is 1940. The first kappa shape index (κ1) is 47.3. The molecule has 2 fully saturated rings. The lowest BCUT2D eigenvalue weighted by atomic mass is 9.95. The van der Waals surface area contributed by atoms with Crippen LogP contribution in [0.25, 0.3) is 0 Å². The molecule has 0 bridgehead atoms. The lowest BCUT2D eigenvalue weighted by Crippen LogP contribution is -2.41. The second-order valence-corrected chi connectivity index (χ2v) is 17.1. The number of hydrogen-bond acceptors (Lipinski definition) is 6. The van der Waals surface area contributed by atoms with E-state index in [1.54, 1.807) is 38.1 Å². The number of rotatable bonds is 14. The summed E-state index contributed by atoms with van der Waals surface area (Å²) in [6.45, 7) is 7.62. The van der Waals surface area contributed by atoms with Crippen LogP contribution in [0, 0.1) is 25.7 Å². The van der Waals surface area contributed by atoms with Crippen LogP contribution in [0.15, 0.2) is 84.9 Å². The van der Waals surface area contributed by atoms with Gasteiger partial charge in [-0.1, -0.05) is 82.9 Å². The number of ketones is 2. The van der Waals surface area contributed by atoms with Gasteiger partial charge in [-0.05, 0) is 150 Å². The van der Waals surface area contributed by atoms with Crippen molar-refractivity contribution in [3.63, 3.8) is 0 Å². The molecule has 0 spiro atoms. The molecule has 2 aliphatic rings. The number of carbonyl (C=O) groups is 4. The van der Waals surface area contributed by atoms with E-state index >= 15 is 0 Å². The zero-order valence-electron chi connectivity index (χ0n) is 34.3. The Hall–Kier alpha value is -4.37.